The molecule has 0 saturated heterocycles. The molecule has 0 aliphatic carbocycles. The van der Waals surface area contributed by atoms with Crippen molar-refractivity contribution in [1.82, 2.24) is 19.7 Å². The van der Waals surface area contributed by atoms with E-state index in [1.165, 1.54) is 11.3 Å². The van der Waals surface area contributed by atoms with Gasteiger partial charge in [-0.3, -0.25) is 0 Å². The number of para-hydroxylation sites is 1. The highest BCUT2D eigenvalue weighted by molar-refractivity contribution is 5.57. The van der Waals surface area contributed by atoms with Crippen molar-refractivity contribution in [1.29, 1.82) is 0 Å². The van der Waals surface area contributed by atoms with Gasteiger partial charge in [-0.1, -0.05) is 23.4 Å². The fourth-order valence-corrected chi connectivity index (χ4v) is 2.76. The first-order valence-corrected chi connectivity index (χ1v) is 6.93. The van der Waals surface area contributed by atoms with Gasteiger partial charge in [0.05, 0.1) is 12.5 Å². The summed E-state index contributed by atoms with van der Waals surface area (Å²) < 4.78 is 7.27. The lowest BCUT2D eigenvalue weighted by atomic mass is 9.98. The molecule has 1 atom stereocenters. The SMILES string of the molecule is Cn1cncc1-c1noc(CC2CNc3ccccc32)n1. The molecular formula is C15H15N5O. The Morgan fingerprint density at radius 2 is 2.29 bits per heavy atom. The van der Waals surface area contributed by atoms with E-state index >= 15 is 0 Å². The molecule has 1 aromatic carbocycles. The number of aryl methyl sites for hydroxylation is 1. The summed E-state index contributed by atoms with van der Waals surface area (Å²) in [5.74, 6) is 1.62. The van der Waals surface area contributed by atoms with Crippen LogP contribution in [0.3, 0.4) is 0 Å². The molecule has 0 spiro atoms. The number of fused-ring (bicyclic) bond motifs is 1. The number of hydrogen-bond acceptors (Lipinski definition) is 5. The number of aromatic nitrogens is 4. The molecule has 0 radical (unpaired) electrons. The Morgan fingerprint density at radius 3 is 3.14 bits per heavy atom. The van der Waals surface area contributed by atoms with Crippen LogP contribution in [-0.2, 0) is 13.5 Å². The highest BCUT2D eigenvalue weighted by atomic mass is 16.5. The van der Waals surface area contributed by atoms with E-state index < -0.39 is 0 Å². The molecule has 106 valence electrons. The standard InChI is InChI=1S/C15H15N5O/c1-20-9-16-8-13(20)15-18-14(21-19-15)6-10-7-17-12-5-3-2-4-11(10)12/h2-5,8-10,17H,6-7H2,1H3. The molecule has 4 rings (SSSR count). The zero-order chi connectivity index (χ0) is 14.2. The Morgan fingerprint density at radius 1 is 1.38 bits per heavy atom. The van der Waals surface area contributed by atoms with Gasteiger partial charge in [0.1, 0.15) is 5.69 Å². The average molecular weight is 281 g/mol. The smallest absolute Gasteiger partial charge is 0.227 e. The number of nitrogens with one attached hydrogen (secondary N) is 1. The van der Waals surface area contributed by atoms with Crippen molar-refractivity contribution in [2.24, 2.45) is 7.05 Å². The molecule has 1 aliphatic heterocycles. The summed E-state index contributed by atoms with van der Waals surface area (Å²) in [6.45, 7) is 0.906. The third-order valence-electron chi connectivity index (χ3n) is 3.87. The summed E-state index contributed by atoms with van der Waals surface area (Å²) in [5.41, 5.74) is 3.38. The first kappa shape index (κ1) is 12.1. The van der Waals surface area contributed by atoms with Crippen molar-refractivity contribution < 1.29 is 4.52 Å². The highest BCUT2D eigenvalue weighted by Crippen LogP contribution is 2.33. The maximum atomic E-state index is 5.39. The fourth-order valence-electron chi connectivity index (χ4n) is 2.76. The van der Waals surface area contributed by atoms with Crippen LogP contribution in [-0.4, -0.2) is 26.2 Å². The van der Waals surface area contributed by atoms with E-state index in [-0.39, 0.29) is 0 Å². The van der Waals surface area contributed by atoms with Crippen molar-refractivity contribution in [2.45, 2.75) is 12.3 Å². The first-order valence-electron chi connectivity index (χ1n) is 6.93. The molecule has 0 bridgehead atoms. The van der Waals surface area contributed by atoms with Crippen LogP contribution in [0.15, 0.2) is 41.3 Å². The van der Waals surface area contributed by atoms with Gasteiger partial charge < -0.3 is 14.4 Å². The average Bonchev–Trinajstić information content (AvgIpc) is 3.20. The number of hydrogen-bond donors (Lipinski definition) is 1. The molecule has 0 amide bonds. The third-order valence-corrected chi connectivity index (χ3v) is 3.87. The molecule has 6 nitrogen and oxygen atoms in total. The van der Waals surface area contributed by atoms with Gasteiger partial charge in [0.25, 0.3) is 0 Å². The lowest BCUT2D eigenvalue weighted by Gasteiger charge is -2.05. The van der Waals surface area contributed by atoms with Crippen LogP contribution in [0.5, 0.6) is 0 Å². The van der Waals surface area contributed by atoms with Gasteiger partial charge >= 0.3 is 0 Å². The third kappa shape index (κ3) is 2.08. The largest absolute Gasteiger partial charge is 0.384 e. The summed E-state index contributed by atoms with van der Waals surface area (Å²) in [7, 11) is 1.91. The maximum absolute atomic E-state index is 5.39. The van der Waals surface area contributed by atoms with Gasteiger partial charge in [-0.25, -0.2) is 4.98 Å². The predicted molar refractivity (Wildman–Crippen MR) is 77.9 cm³/mol. The van der Waals surface area contributed by atoms with Gasteiger partial charge in [0.2, 0.25) is 11.7 Å². The summed E-state index contributed by atoms with van der Waals surface area (Å²) in [4.78, 5) is 8.56. The van der Waals surface area contributed by atoms with Crippen molar-refractivity contribution in [3.05, 3.63) is 48.2 Å². The normalized spacial score (nSPS) is 16.7. The molecule has 1 unspecified atom stereocenters. The second kappa shape index (κ2) is 4.73. The van der Waals surface area contributed by atoms with E-state index in [1.807, 2.05) is 17.7 Å². The van der Waals surface area contributed by atoms with Gasteiger partial charge in [0, 0.05) is 31.6 Å². The summed E-state index contributed by atoms with van der Waals surface area (Å²) in [5, 5.41) is 7.46. The number of rotatable bonds is 3. The maximum Gasteiger partial charge on any atom is 0.227 e. The second-order valence-electron chi connectivity index (χ2n) is 5.27. The zero-order valence-corrected chi connectivity index (χ0v) is 11.7. The van der Waals surface area contributed by atoms with Crippen LogP contribution in [0, 0.1) is 0 Å². The minimum absolute atomic E-state index is 0.376. The number of nitrogens with zero attached hydrogens (tertiary/aromatic N) is 4. The molecule has 2 aromatic heterocycles. The molecule has 3 heterocycles. The number of imidazole rings is 1. The molecule has 3 aromatic rings. The van der Waals surface area contributed by atoms with E-state index in [2.05, 4.69) is 38.6 Å². The summed E-state index contributed by atoms with van der Waals surface area (Å²) in [6.07, 6.45) is 4.21. The Hall–Kier alpha value is -2.63. The molecular weight excluding hydrogens is 266 g/mol. The molecule has 0 saturated carbocycles. The Bertz CT molecular complexity index is 776. The minimum atomic E-state index is 0.376. The lowest BCUT2D eigenvalue weighted by Crippen LogP contribution is -2.05. The van der Waals surface area contributed by atoms with Crippen molar-refractivity contribution in [3.8, 4) is 11.5 Å². The van der Waals surface area contributed by atoms with Crippen LogP contribution in [0.1, 0.15) is 17.4 Å². The van der Waals surface area contributed by atoms with Crippen molar-refractivity contribution in [2.75, 3.05) is 11.9 Å². The van der Waals surface area contributed by atoms with Crippen molar-refractivity contribution >= 4 is 5.69 Å². The van der Waals surface area contributed by atoms with E-state index in [9.17, 15) is 0 Å². The fraction of sp³-hybridized carbons (Fsp3) is 0.267. The van der Waals surface area contributed by atoms with Gasteiger partial charge in [-0.05, 0) is 11.6 Å². The first-order chi connectivity index (χ1) is 10.3. The van der Waals surface area contributed by atoms with Gasteiger partial charge in [-0.15, -0.1) is 0 Å². The number of anilines is 1. The summed E-state index contributed by atoms with van der Waals surface area (Å²) >= 11 is 0. The van der Waals surface area contributed by atoms with E-state index in [4.69, 9.17) is 4.52 Å². The lowest BCUT2D eigenvalue weighted by molar-refractivity contribution is 0.371. The molecule has 1 N–H and O–H groups in total. The van der Waals surface area contributed by atoms with Crippen LogP contribution in [0.4, 0.5) is 5.69 Å². The van der Waals surface area contributed by atoms with Crippen LogP contribution in [0.25, 0.3) is 11.5 Å². The number of benzene rings is 1. The zero-order valence-electron chi connectivity index (χ0n) is 11.7. The van der Waals surface area contributed by atoms with Crippen LogP contribution in [0.2, 0.25) is 0 Å². The van der Waals surface area contributed by atoms with E-state index in [0.717, 1.165) is 18.7 Å². The quantitative estimate of drug-likeness (QED) is 0.797. The highest BCUT2D eigenvalue weighted by Gasteiger charge is 2.24. The Labute approximate surface area is 121 Å². The molecule has 0 fully saturated rings. The van der Waals surface area contributed by atoms with Crippen LogP contribution >= 0.6 is 0 Å². The Balaban J connectivity index is 1.57. The van der Waals surface area contributed by atoms with Gasteiger partial charge in [0.15, 0.2) is 0 Å². The topological polar surface area (TPSA) is 68.8 Å². The second-order valence-corrected chi connectivity index (χ2v) is 5.27. The molecule has 6 heteroatoms. The van der Waals surface area contributed by atoms with Crippen molar-refractivity contribution in [3.63, 3.8) is 0 Å². The van der Waals surface area contributed by atoms with E-state index in [0.29, 0.717) is 17.6 Å². The Kier molecular flexibility index (Phi) is 2.73. The molecule has 21 heavy (non-hydrogen) atoms. The van der Waals surface area contributed by atoms with Gasteiger partial charge in [-0.2, -0.15) is 4.98 Å². The molecule has 1 aliphatic rings. The van der Waals surface area contributed by atoms with E-state index in [1.54, 1.807) is 12.5 Å². The predicted octanol–water partition coefficient (Wildman–Crippen LogP) is 2.22. The monoisotopic (exact) mass is 281 g/mol. The van der Waals surface area contributed by atoms with Crippen LogP contribution < -0.4 is 5.32 Å². The summed E-state index contributed by atoms with van der Waals surface area (Å²) in [6, 6.07) is 8.36. The minimum Gasteiger partial charge on any atom is -0.384 e.